The van der Waals surface area contributed by atoms with Crippen molar-refractivity contribution in [2.75, 3.05) is 6.61 Å². The maximum atomic E-state index is 11.7. The van der Waals surface area contributed by atoms with Gasteiger partial charge in [0.2, 0.25) is 0 Å². The van der Waals surface area contributed by atoms with Crippen molar-refractivity contribution in [2.45, 2.75) is 45.1 Å². The molecule has 0 aromatic carbocycles. The molecule has 3 nitrogen and oxygen atoms in total. The Bertz CT molecular complexity index is 255. The van der Waals surface area contributed by atoms with Crippen LogP contribution in [0.25, 0.3) is 0 Å². The van der Waals surface area contributed by atoms with Gasteiger partial charge in [0.05, 0.1) is 6.61 Å². The van der Waals surface area contributed by atoms with Crippen LogP contribution in [-0.2, 0) is 14.3 Å². The summed E-state index contributed by atoms with van der Waals surface area (Å²) < 4.78 is 11.2. The number of esters is 1. The summed E-state index contributed by atoms with van der Waals surface area (Å²) in [5.41, 5.74) is 0.130. The first-order chi connectivity index (χ1) is 7.13. The second-order valence-electron chi connectivity index (χ2n) is 3.93. The molecular formula is C11H20O3Si. The van der Waals surface area contributed by atoms with Gasteiger partial charge in [-0.25, -0.2) is 4.79 Å². The summed E-state index contributed by atoms with van der Waals surface area (Å²) in [5, 5.41) is 0. The third kappa shape index (κ3) is 3.17. The molecule has 1 rings (SSSR count). The van der Waals surface area contributed by atoms with Gasteiger partial charge in [-0.05, 0) is 26.7 Å². The molecule has 86 valence electrons. The highest BCUT2D eigenvalue weighted by Crippen LogP contribution is 2.26. The van der Waals surface area contributed by atoms with Gasteiger partial charge in [-0.15, -0.1) is 0 Å². The molecule has 1 aliphatic heterocycles. The van der Waals surface area contributed by atoms with Crippen molar-refractivity contribution in [3.8, 4) is 0 Å². The Hall–Kier alpha value is -0.613. The molecule has 1 fully saturated rings. The number of allylic oxidation sites excluding steroid dienone is 1. The van der Waals surface area contributed by atoms with Crippen molar-refractivity contribution >= 4 is 15.5 Å². The standard InChI is InChI=1S/C11H20O3Si/c1-4-9(2)10(12)14-11(15-3)7-5-6-8-13-11/h4H,5-8,15H2,1-3H3. The SMILES string of the molecule is CC=C(C)C(=O)OC1([SiH2]C)CCCCO1. The van der Waals surface area contributed by atoms with Gasteiger partial charge in [-0.3, -0.25) is 0 Å². The maximum Gasteiger partial charge on any atom is 0.335 e. The topological polar surface area (TPSA) is 35.5 Å². The molecule has 0 bridgehead atoms. The normalized spacial score (nSPS) is 28.3. The van der Waals surface area contributed by atoms with Crippen LogP contribution < -0.4 is 0 Å². The number of carbonyl (C=O) groups is 1. The zero-order chi connectivity index (χ0) is 11.3. The zero-order valence-electron chi connectivity index (χ0n) is 9.84. The minimum Gasteiger partial charge on any atom is -0.435 e. The Balaban J connectivity index is 2.63. The van der Waals surface area contributed by atoms with E-state index in [2.05, 4.69) is 6.55 Å². The summed E-state index contributed by atoms with van der Waals surface area (Å²) in [6.45, 7) is 6.47. The van der Waals surface area contributed by atoms with Crippen molar-refractivity contribution in [1.29, 1.82) is 0 Å². The van der Waals surface area contributed by atoms with Crippen LogP contribution in [0.4, 0.5) is 0 Å². The molecule has 0 aromatic heterocycles. The van der Waals surface area contributed by atoms with E-state index < -0.39 is 14.9 Å². The summed E-state index contributed by atoms with van der Waals surface area (Å²) in [4.78, 5) is 11.7. The van der Waals surface area contributed by atoms with Crippen LogP contribution in [-0.4, -0.2) is 27.5 Å². The molecule has 1 atom stereocenters. The molecule has 0 N–H and O–H groups in total. The average Bonchev–Trinajstić information content (AvgIpc) is 2.29. The lowest BCUT2D eigenvalue weighted by Crippen LogP contribution is -2.45. The molecule has 0 amide bonds. The number of hydrogen-bond acceptors (Lipinski definition) is 3. The molecule has 0 saturated carbocycles. The molecule has 0 aliphatic carbocycles. The Kier molecular flexibility index (Phi) is 4.54. The molecule has 1 saturated heterocycles. The van der Waals surface area contributed by atoms with Crippen molar-refractivity contribution in [2.24, 2.45) is 0 Å². The van der Waals surface area contributed by atoms with Crippen LogP contribution in [0, 0.1) is 0 Å². The number of hydrogen-bond donors (Lipinski definition) is 0. The monoisotopic (exact) mass is 228 g/mol. The van der Waals surface area contributed by atoms with Gasteiger partial charge in [-0.1, -0.05) is 12.6 Å². The zero-order valence-corrected chi connectivity index (χ0v) is 11.3. The van der Waals surface area contributed by atoms with Gasteiger partial charge in [0.1, 0.15) is 9.52 Å². The van der Waals surface area contributed by atoms with Gasteiger partial charge in [-0.2, -0.15) is 0 Å². The van der Waals surface area contributed by atoms with Gasteiger partial charge in [0, 0.05) is 12.0 Å². The third-order valence-corrected chi connectivity index (χ3v) is 4.67. The smallest absolute Gasteiger partial charge is 0.335 e. The van der Waals surface area contributed by atoms with Crippen molar-refractivity contribution in [3.05, 3.63) is 11.6 Å². The maximum absolute atomic E-state index is 11.7. The van der Waals surface area contributed by atoms with E-state index >= 15 is 0 Å². The third-order valence-electron chi connectivity index (χ3n) is 2.89. The first-order valence-electron chi connectivity index (χ1n) is 5.64. The van der Waals surface area contributed by atoms with Gasteiger partial charge in [0.25, 0.3) is 0 Å². The van der Waals surface area contributed by atoms with Crippen LogP contribution in [0.2, 0.25) is 6.55 Å². The lowest BCUT2D eigenvalue weighted by molar-refractivity contribution is -0.203. The summed E-state index contributed by atoms with van der Waals surface area (Å²) in [6.07, 6.45) is 4.83. The fourth-order valence-corrected chi connectivity index (χ4v) is 2.85. The predicted molar refractivity (Wildman–Crippen MR) is 62.5 cm³/mol. The van der Waals surface area contributed by atoms with E-state index in [1.165, 1.54) is 0 Å². The van der Waals surface area contributed by atoms with E-state index in [9.17, 15) is 4.79 Å². The Morgan fingerprint density at radius 3 is 2.73 bits per heavy atom. The molecular weight excluding hydrogens is 208 g/mol. The summed E-state index contributed by atoms with van der Waals surface area (Å²) in [5.74, 6) is -0.228. The van der Waals surface area contributed by atoms with Gasteiger partial charge in [0.15, 0.2) is 5.41 Å². The average molecular weight is 228 g/mol. The molecule has 4 heteroatoms. The van der Waals surface area contributed by atoms with E-state index in [4.69, 9.17) is 9.47 Å². The second kappa shape index (κ2) is 5.46. The minimum atomic E-state index is -0.528. The fourth-order valence-electron chi connectivity index (χ4n) is 1.63. The highest BCUT2D eigenvalue weighted by Gasteiger charge is 2.35. The van der Waals surface area contributed by atoms with Crippen molar-refractivity contribution < 1.29 is 14.3 Å². The Labute approximate surface area is 93.7 Å². The first-order valence-corrected chi connectivity index (χ1v) is 7.76. The Morgan fingerprint density at radius 2 is 2.27 bits per heavy atom. The van der Waals surface area contributed by atoms with Crippen LogP contribution in [0.1, 0.15) is 33.1 Å². The van der Waals surface area contributed by atoms with E-state index in [0.29, 0.717) is 5.57 Å². The lowest BCUT2D eigenvalue weighted by atomic mass is 10.2. The quantitative estimate of drug-likeness (QED) is 0.418. The number of carbonyl (C=O) groups excluding carboxylic acids is 1. The number of rotatable bonds is 3. The highest BCUT2D eigenvalue weighted by molar-refractivity contribution is 6.37. The largest absolute Gasteiger partial charge is 0.435 e. The molecule has 0 aromatic rings. The van der Waals surface area contributed by atoms with E-state index in [1.54, 1.807) is 13.0 Å². The predicted octanol–water partition coefficient (Wildman–Crippen LogP) is 1.57. The summed E-state index contributed by atoms with van der Waals surface area (Å²) in [6, 6.07) is 0. The summed E-state index contributed by atoms with van der Waals surface area (Å²) in [7, 11) is -0.514. The molecule has 15 heavy (non-hydrogen) atoms. The molecule has 0 spiro atoms. The minimum absolute atomic E-state index is 0.228. The van der Waals surface area contributed by atoms with Crippen LogP contribution in [0.3, 0.4) is 0 Å². The van der Waals surface area contributed by atoms with Crippen LogP contribution >= 0.6 is 0 Å². The van der Waals surface area contributed by atoms with E-state index in [-0.39, 0.29) is 5.97 Å². The molecule has 1 aliphatic rings. The fraction of sp³-hybridized carbons (Fsp3) is 0.727. The molecule has 1 unspecified atom stereocenters. The lowest BCUT2D eigenvalue weighted by Gasteiger charge is -2.36. The van der Waals surface area contributed by atoms with E-state index in [1.807, 2.05) is 6.92 Å². The Morgan fingerprint density at radius 1 is 1.53 bits per heavy atom. The first kappa shape index (κ1) is 12.5. The molecule has 1 heterocycles. The molecule has 0 radical (unpaired) electrons. The van der Waals surface area contributed by atoms with Crippen LogP contribution in [0.5, 0.6) is 0 Å². The number of ether oxygens (including phenoxy) is 2. The van der Waals surface area contributed by atoms with Gasteiger partial charge >= 0.3 is 5.97 Å². The van der Waals surface area contributed by atoms with Crippen LogP contribution in [0.15, 0.2) is 11.6 Å². The van der Waals surface area contributed by atoms with Crippen molar-refractivity contribution in [3.63, 3.8) is 0 Å². The van der Waals surface area contributed by atoms with Crippen molar-refractivity contribution in [1.82, 2.24) is 0 Å². The summed E-state index contributed by atoms with van der Waals surface area (Å²) >= 11 is 0. The van der Waals surface area contributed by atoms with Gasteiger partial charge < -0.3 is 9.47 Å². The van der Waals surface area contributed by atoms with E-state index in [0.717, 1.165) is 25.9 Å². The second-order valence-corrected chi connectivity index (χ2v) is 5.72. The highest BCUT2D eigenvalue weighted by atomic mass is 28.2.